The van der Waals surface area contributed by atoms with Crippen molar-refractivity contribution in [1.29, 1.82) is 0 Å². The average molecular weight is 465 g/mol. The number of halogens is 3. The number of alkyl halides is 3. The zero-order valence-electron chi connectivity index (χ0n) is 20.7. The Kier molecular flexibility index (Phi) is 5.65. The highest BCUT2D eigenvalue weighted by molar-refractivity contribution is 5.98. The van der Waals surface area contributed by atoms with E-state index in [9.17, 15) is 18.0 Å². The van der Waals surface area contributed by atoms with Crippen LogP contribution in [-0.4, -0.2) is 51.1 Å². The van der Waals surface area contributed by atoms with E-state index in [1.165, 1.54) is 25.0 Å². The molecule has 0 aliphatic heterocycles. The lowest BCUT2D eigenvalue weighted by Crippen LogP contribution is -2.23. The topological polar surface area (TPSA) is 119 Å². The molecule has 3 rings (SSSR count). The Labute approximate surface area is 191 Å². The SMILES string of the molecule is [2H]C([2H])([2H])NC(=O)c1nnc(N/C(=C/C)C(F)(F)F)cc1Nc1cccc(-c2ncn(C)n2)c1OC. The van der Waals surface area contributed by atoms with E-state index in [-0.39, 0.29) is 22.9 Å². The molecule has 3 N–H and O–H groups in total. The van der Waals surface area contributed by atoms with Gasteiger partial charge in [0.15, 0.2) is 23.1 Å². The number of anilines is 3. The Hall–Kier alpha value is -4.16. The number of hydrogen-bond acceptors (Lipinski definition) is 8. The summed E-state index contributed by atoms with van der Waals surface area (Å²) in [6.45, 7) is -1.66. The van der Waals surface area contributed by atoms with E-state index >= 15 is 0 Å². The summed E-state index contributed by atoms with van der Waals surface area (Å²) in [5.41, 5.74) is -0.981. The van der Waals surface area contributed by atoms with Crippen LogP contribution >= 0.6 is 0 Å². The van der Waals surface area contributed by atoms with Crippen LogP contribution in [0.4, 0.5) is 30.4 Å². The van der Waals surface area contributed by atoms with Gasteiger partial charge >= 0.3 is 6.18 Å². The largest absolute Gasteiger partial charge is 0.494 e. The van der Waals surface area contributed by atoms with E-state index < -0.39 is 30.5 Å². The van der Waals surface area contributed by atoms with Gasteiger partial charge in [0, 0.05) is 24.2 Å². The summed E-state index contributed by atoms with van der Waals surface area (Å²) in [5.74, 6) is -0.895. The summed E-state index contributed by atoms with van der Waals surface area (Å²) < 4.78 is 68.4. The number of amides is 1. The number of para-hydroxylation sites is 1. The number of aromatic nitrogens is 5. The standard InChI is InChI=1S/C20H21F3N8O2/c1-5-14(20(21,22)23)27-15-9-13(16(29-28-15)19(32)24-2)26-12-8-6-7-11(17(12)33-4)18-25-10-31(3)30-18/h5-10H,1-4H3,(H,24,32)(H2,26,27,28)/b14-5+/i2D3. The number of methoxy groups -OCH3 is 1. The lowest BCUT2D eigenvalue weighted by atomic mass is 10.1. The van der Waals surface area contributed by atoms with Gasteiger partial charge in [0.25, 0.3) is 5.91 Å². The van der Waals surface area contributed by atoms with Gasteiger partial charge in [-0.1, -0.05) is 12.1 Å². The zero-order valence-corrected chi connectivity index (χ0v) is 17.7. The van der Waals surface area contributed by atoms with Crippen molar-refractivity contribution in [1.82, 2.24) is 30.3 Å². The zero-order chi connectivity index (χ0) is 26.7. The third-order valence-electron chi connectivity index (χ3n) is 4.31. The molecule has 0 saturated carbocycles. The number of carbonyl (C=O) groups is 1. The fourth-order valence-electron chi connectivity index (χ4n) is 2.86. The molecule has 0 bridgehead atoms. The van der Waals surface area contributed by atoms with Crippen molar-refractivity contribution in [3.8, 4) is 17.1 Å². The van der Waals surface area contributed by atoms with Crippen molar-refractivity contribution in [2.24, 2.45) is 7.05 Å². The summed E-state index contributed by atoms with van der Waals surface area (Å²) in [6, 6.07) is 5.97. The molecule has 1 aromatic carbocycles. The minimum Gasteiger partial charge on any atom is -0.494 e. The van der Waals surface area contributed by atoms with Crippen LogP contribution in [0.15, 0.2) is 42.4 Å². The first-order valence-corrected chi connectivity index (χ1v) is 9.33. The number of carbonyl (C=O) groups excluding carboxylic acids is 1. The molecule has 174 valence electrons. The average Bonchev–Trinajstić information content (AvgIpc) is 3.21. The molecule has 13 heteroatoms. The minimum atomic E-state index is -4.70. The van der Waals surface area contributed by atoms with E-state index in [0.29, 0.717) is 11.4 Å². The maximum atomic E-state index is 13.2. The monoisotopic (exact) mass is 465 g/mol. The van der Waals surface area contributed by atoms with Gasteiger partial charge in [-0.05, 0) is 19.1 Å². The van der Waals surface area contributed by atoms with E-state index in [1.807, 2.05) is 0 Å². The van der Waals surface area contributed by atoms with Gasteiger partial charge in [-0.3, -0.25) is 9.48 Å². The molecule has 3 aromatic rings. The van der Waals surface area contributed by atoms with E-state index in [0.717, 1.165) is 12.1 Å². The lowest BCUT2D eigenvalue weighted by molar-refractivity contribution is -0.0904. The molecular formula is C20H21F3N8O2. The second-order valence-corrected chi connectivity index (χ2v) is 6.52. The summed E-state index contributed by atoms with van der Waals surface area (Å²) in [6.07, 6.45) is -2.42. The number of nitrogens with one attached hydrogen (secondary N) is 3. The lowest BCUT2D eigenvalue weighted by Gasteiger charge is -2.17. The van der Waals surface area contributed by atoms with Crippen LogP contribution in [-0.2, 0) is 7.05 Å². The van der Waals surface area contributed by atoms with Crippen LogP contribution in [0.25, 0.3) is 11.4 Å². The van der Waals surface area contributed by atoms with Crippen LogP contribution in [0, 0.1) is 0 Å². The Bertz CT molecular complexity index is 1290. The molecule has 0 spiro atoms. The maximum absolute atomic E-state index is 13.2. The number of allylic oxidation sites excluding steroid dienone is 2. The van der Waals surface area contributed by atoms with Gasteiger partial charge in [-0.2, -0.15) is 18.3 Å². The van der Waals surface area contributed by atoms with Gasteiger partial charge in [0.2, 0.25) is 0 Å². The Balaban J connectivity index is 2.08. The molecule has 0 aliphatic rings. The predicted octanol–water partition coefficient (Wildman–Crippen LogP) is 3.26. The van der Waals surface area contributed by atoms with E-state index in [4.69, 9.17) is 8.85 Å². The third kappa shape index (κ3) is 5.19. The molecule has 2 heterocycles. The normalized spacial score (nSPS) is 13.5. The van der Waals surface area contributed by atoms with Crippen LogP contribution in [0.3, 0.4) is 0 Å². The first kappa shape index (κ1) is 19.5. The molecule has 2 aromatic heterocycles. The Morgan fingerprint density at radius 3 is 2.67 bits per heavy atom. The minimum absolute atomic E-state index is 0.142. The molecular weight excluding hydrogens is 441 g/mol. The summed E-state index contributed by atoms with van der Waals surface area (Å²) in [5, 5.41) is 18.3. The predicted molar refractivity (Wildman–Crippen MR) is 115 cm³/mol. The molecule has 10 nitrogen and oxygen atoms in total. The summed E-state index contributed by atoms with van der Waals surface area (Å²) in [7, 11) is 3.06. The van der Waals surface area contributed by atoms with Crippen LogP contribution in [0.1, 0.15) is 21.5 Å². The number of rotatable bonds is 7. The highest BCUT2D eigenvalue weighted by Gasteiger charge is 2.33. The highest BCUT2D eigenvalue weighted by Crippen LogP contribution is 2.37. The number of hydrogen-bond donors (Lipinski definition) is 3. The summed E-state index contributed by atoms with van der Waals surface area (Å²) >= 11 is 0. The highest BCUT2D eigenvalue weighted by atomic mass is 19.4. The Morgan fingerprint density at radius 2 is 2.06 bits per heavy atom. The fraction of sp³-hybridized carbons (Fsp3) is 0.250. The molecule has 0 unspecified atom stereocenters. The molecule has 0 saturated heterocycles. The molecule has 33 heavy (non-hydrogen) atoms. The third-order valence-corrected chi connectivity index (χ3v) is 4.31. The van der Waals surface area contributed by atoms with Crippen molar-refractivity contribution < 1.29 is 26.8 Å². The van der Waals surface area contributed by atoms with E-state index in [2.05, 4.69) is 30.9 Å². The second-order valence-electron chi connectivity index (χ2n) is 6.52. The first-order chi connectivity index (χ1) is 16.8. The van der Waals surface area contributed by atoms with Crippen molar-refractivity contribution in [2.45, 2.75) is 13.1 Å². The second kappa shape index (κ2) is 9.54. The smallest absolute Gasteiger partial charge is 0.430 e. The van der Waals surface area contributed by atoms with Crippen molar-refractivity contribution in [3.63, 3.8) is 0 Å². The van der Waals surface area contributed by atoms with Crippen LogP contribution in [0.2, 0.25) is 0 Å². The van der Waals surface area contributed by atoms with Gasteiger partial charge < -0.3 is 20.7 Å². The molecule has 0 aliphatic carbocycles. The van der Waals surface area contributed by atoms with Crippen molar-refractivity contribution >= 4 is 23.1 Å². The van der Waals surface area contributed by atoms with Crippen LogP contribution in [0.5, 0.6) is 5.75 Å². The fourth-order valence-corrected chi connectivity index (χ4v) is 2.86. The number of benzene rings is 1. The molecule has 0 fully saturated rings. The molecule has 0 radical (unpaired) electrons. The van der Waals surface area contributed by atoms with Gasteiger partial charge in [-0.25, -0.2) is 4.98 Å². The van der Waals surface area contributed by atoms with Gasteiger partial charge in [-0.15, -0.1) is 10.2 Å². The Morgan fingerprint density at radius 1 is 1.27 bits per heavy atom. The summed E-state index contributed by atoms with van der Waals surface area (Å²) in [4.78, 5) is 16.8. The van der Waals surface area contributed by atoms with E-state index in [1.54, 1.807) is 30.6 Å². The van der Waals surface area contributed by atoms with Crippen molar-refractivity contribution in [2.75, 3.05) is 24.7 Å². The molecule has 1 amide bonds. The number of ether oxygens (including phenoxy) is 1. The quantitative estimate of drug-likeness (QED) is 0.487. The number of aryl methyl sites for hydroxylation is 1. The molecule has 0 atom stereocenters. The van der Waals surface area contributed by atoms with Crippen LogP contribution < -0.4 is 20.7 Å². The maximum Gasteiger partial charge on any atom is 0.430 e. The van der Waals surface area contributed by atoms with Gasteiger partial charge in [0.05, 0.1) is 24.0 Å². The van der Waals surface area contributed by atoms with Gasteiger partial charge in [0.1, 0.15) is 12.0 Å². The van der Waals surface area contributed by atoms with Crippen molar-refractivity contribution in [3.05, 3.63) is 48.1 Å². The first-order valence-electron chi connectivity index (χ1n) is 10.8. The number of nitrogens with zero attached hydrogens (tertiary/aromatic N) is 5.